The molecule has 0 bridgehead atoms. The van der Waals surface area contributed by atoms with Gasteiger partial charge in [0.1, 0.15) is 0 Å². The minimum absolute atomic E-state index is 0.177. The number of rotatable bonds is 4. The van der Waals surface area contributed by atoms with E-state index in [2.05, 4.69) is 11.6 Å². The molecule has 0 aliphatic heterocycles. The molecule has 80 valence electrons. The van der Waals surface area contributed by atoms with E-state index in [1.165, 1.54) is 0 Å². The molecule has 0 radical (unpaired) electrons. The fourth-order valence-corrected chi connectivity index (χ4v) is 1.11. The standard InChI is InChI=1S/C12H15NO2/c1-9(2)12(14)15-8-10(3)11-4-6-13-7-5-11/h4-7,10H,1,8H2,2-3H3. The summed E-state index contributed by atoms with van der Waals surface area (Å²) >= 11 is 0. The third-order valence-electron chi connectivity index (χ3n) is 2.09. The van der Waals surface area contributed by atoms with Gasteiger partial charge in [0.2, 0.25) is 0 Å². The van der Waals surface area contributed by atoms with Crippen LogP contribution in [0.5, 0.6) is 0 Å². The normalized spacial score (nSPS) is 11.9. The van der Waals surface area contributed by atoms with Gasteiger partial charge in [-0.25, -0.2) is 4.79 Å². The molecular formula is C12H15NO2. The molecule has 15 heavy (non-hydrogen) atoms. The highest BCUT2D eigenvalue weighted by molar-refractivity contribution is 5.86. The molecule has 0 spiro atoms. The van der Waals surface area contributed by atoms with Crippen molar-refractivity contribution in [1.82, 2.24) is 4.98 Å². The Morgan fingerprint density at radius 3 is 2.67 bits per heavy atom. The van der Waals surface area contributed by atoms with E-state index >= 15 is 0 Å². The molecule has 1 unspecified atom stereocenters. The maximum atomic E-state index is 11.1. The summed E-state index contributed by atoms with van der Waals surface area (Å²) < 4.78 is 5.06. The second kappa shape index (κ2) is 5.29. The molecule has 3 nitrogen and oxygen atoms in total. The van der Waals surface area contributed by atoms with Gasteiger partial charge in [-0.05, 0) is 24.6 Å². The largest absolute Gasteiger partial charge is 0.462 e. The van der Waals surface area contributed by atoms with E-state index in [0.717, 1.165) is 5.56 Å². The number of hydrogen-bond acceptors (Lipinski definition) is 3. The van der Waals surface area contributed by atoms with Crippen LogP contribution < -0.4 is 0 Å². The fraction of sp³-hybridized carbons (Fsp3) is 0.333. The lowest BCUT2D eigenvalue weighted by molar-refractivity contribution is -0.139. The second-order valence-electron chi connectivity index (χ2n) is 3.56. The third-order valence-corrected chi connectivity index (χ3v) is 2.09. The highest BCUT2D eigenvalue weighted by Gasteiger charge is 2.09. The number of nitrogens with zero attached hydrogens (tertiary/aromatic N) is 1. The van der Waals surface area contributed by atoms with Crippen molar-refractivity contribution in [3.63, 3.8) is 0 Å². The van der Waals surface area contributed by atoms with Gasteiger partial charge in [0, 0.05) is 23.9 Å². The van der Waals surface area contributed by atoms with Crippen LogP contribution in [0.1, 0.15) is 25.3 Å². The molecule has 3 heteroatoms. The van der Waals surface area contributed by atoms with Crippen LogP contribution in [0.15, 0.2) is 36.7 Å². The van der Waals surface area contributed by atoms with E-state index in [0.29, 0.717) is 12.2 Å². The van der Waals surface area contributed by atoms with Crippen molar-refractivity contribution < 1.29 is 9.53 Å². The van der Waals surface area contributed by atoms with Crippen molar-refractivity contribution >= 4 is 5.97 Å². The Labute approximate surface area is 89.8 Å². The summed E-state index contributed by atoms with van der Waals surface area (Å²) in [5, 5.41) is 0. The molecule has 1 rings (SSSR count). The van der Waals surface area contributed by atoms with Gasteiger partial charge in [-0.15, -0.1) is 0 Å². The number of esters is 1. The maximum Gasteiger partial charge on any atom is 0.333 e. The fourth-order valence-electron chi connectivity index (χ4n) is 1.11. The van der Waals surface area contributed by atoms with Crippen LogP contribution in [0.3, 0.4) is 0 Å². The Kier molecular flexibility index (Phi) is 4.03. The first-order valence-corrected chi connectivity index (χ1v) is 4.84. The van der Waals surface area contributed by atoms with Gasteiger partial charge in [-0.2, -0.15) is 0 Å². The molecule has 0 aliphatic rings. The summed E-state index contributed by atoms with van der Waals surface area (Å²) in [7, 11) is 0. The third kappa shape index (κ3) is 3.54. The minimum atomic E-state index is -0.337. The Balaban J connectivity index is 2.47. The van der Waals surface area contributed by atoms with Crippen LogP contribution in [0.25, 0.3) is 0 Å². The first-order valence-electron chi connectivity index (χ1n) is 4.84. The number of carbonyl (C=O) groups is 1. The zero-order chi connectivity index (χ0) is 11.3. The maximum absolute atomic E-state index is 11.1. The summed E-state index contributed by atoms with van der Waals surface area (Å²) in [4.78, 5) is 15.1. The predicted octanol–water partition coefficient (Wildman–Crippen LogP) is 2.30. The molecule has 1 heterocycles. The molecule has 1 atom stereocenters. The molecule has 0 amide bonds. The van der Waals surface area contributed by atoms with Crippen molar-refractivity contribution in [3.05, 3.63) is 42.2 Å². The van der Waals surface area contributed by atoms with Gasteiger partial charge >= 0.3 is 5.97 Å². The molecular weight excluding hydrogens is 190 g/mol. The van der Waals surface area contributed by atoms with Gasteiger partial charge in [0.15, 0.2) is 0 Å². The van der Waals surface area contributed by atoms with Gasteiger partial charge < -0.3 is 4.74 Å². The summed E-state index contributed by atoms with van der Waals surface area (Å²) in [6.07, 6.45) is 3.46. The van der Waals surface area contributed by atoms with Crippen LogP contribution in [0.4, 0.5) is 0 Å². The summed E-state index contributed by atoms with van der Waals surface area (Å²) in [6.45, 7) is 7.53. The molecule has 0 fully saturated rings. The summed E-state index contributed by atoms with van der Waals surface area (Å²) in [5.41, 5.74) is 1.54. The van der Waals surface area contributed by atoms with E-state index in [-0.39, 0.29) is 11.9 Å². The van der Waals surface area contributed by atoms with Crippen LogP contribution in [0.2, 0.25) is 0 Å². The molecule has 1 aromatic heterocycles. The molecule has 0 aliphatic carbocycles. The molecule has 0 saturated carbocycles. The Morgan fingerprint density at radius 2 is 2.13 bits per heavy atom. The SMILES string of the molecule is C=C(C)C(=O)OCC(C)c1ccncc1. The average molecular weight is 205 g/mol. The van der Waals surface area contributed by atoms with E-state index in [9.17, 15) is 4.79 Å². The first kappa shape index (κ1) is 11.4. The Hall–Kier alpha value is -1.64. The predicted molar refractivity (Wildman–Crippen MR) is 58.4 cm³/mol. The highest BCUT2D eigenvalue weighted by Crippen LogP contribution is 2.14. The lowest BCUT2D eigenvalue weighted by Crippen LogP contribution is -2.11. The smallest absolute Gasteiger partial charge is 0.333 e. The number of ether oxygens (including phenoxy) is 1. The Bertz CT molecular complexity index is 346. The van der Waals surface area contributed by atoms with Crippen molar-refractivity contribution in [2.75, 3.05) is 6.61 Å². The van der Waals surface area contributed by atoms with Crippen molar-refractivity contribution in [2.45, 2.75) is 19.8 Å². The minimum Gasteiger partial charge on any atom is -0.462 e. The van der Waals surface area contributed by atoms with Crippen LogP contribution >= 0.6 is 0 Å². The van der Waals surface area contributed by atoms with Crippen molar-refractivity contribution in [2.24, 2.45) is 0 Å². The monoisotopic (exact) mass is 205 g/mol. The highest BCUT2D eigenvalue weighted by atomic mass is 16.5. The van der Waals surface area contributed by atoms with E-state index in [1.54, 1.807) is 19.3 Å². The topological polar surface area (TPSA) is 39.2 Å². The van der Waals surface area contributed by atoms with E-state index in [1.807, 2.05) is 19.1 Å². The lowest BCUT2D eigenvalue weighted by atomic mass is 10.0. The zero-order valence-electron chi connectivity index (χ0n) is 9.06. The summed E-state index contributed by atoms with van der Waals surface area (Å²) in [6, 6.07) is 3.83. The number of pyridine rings is 1. The van der Waals surface area contributed by atoms with Crippen molar-refractivity contribution in [3.8, 4) is 0 Å². The van der Waals surface area contributed by atoms with Gasteiger partial charge in [-0.3, -0.25) is 4.98 Å². The quantitative estimate of drug-likeness (QED) is 0.559. The molecule has 0 aromatic carbocycles. The number of carbonyl (C=O) groups excluding carboxylic acids is 1. The van der Waals surface area contributed by atoms with E-state index < -0.39 is 0 Å². The van der Waals surface area contributed by atoms with Crippen LogP contribution in [-0.2, 0) is 9.53 Å². The average Bonchev–Trinajstić information content (AvgIpc) is 2.26. The Morgan fingerprint density at radius 1 is 1.53 bits per heavy atom. The van der Waals surface area contributed by atoms with Gasteiger partial charge in [0.05, 0.1) is 6.61 Å². The first-order chi connectivity index (χ1) is 7.11. The number of aromatic nitrogens is 1. The molecule has 0 N–H and O–H groups in total. The van der Waals surface area contributed by atoms with Gasteiger partial charge in [-0.1, -0.05) is 13.5 Å². The van der Waals surface area contributed by atoms with Crippen LogP contribution in [-0.4, -0.2) is 17.6 Å². The van der Waals surface area contributed by atoms with E-state index in [4.69, 9.17) is 4.74 Å². The summed E-state index contributed by atoms with van der Waals surface area (Å²) in [5.74, 6) is -0.160. The number of hydrogen-bond donors (Lipinski definition) is 0. The lowest BCUT2D eigenvalue weighted by Gasteiger charge is -2.11. The van der Waals surface area contributed by atoms with Crippen molar-refractivity contribution in [1.29, 1.82) is 0 Å². The molecule has 0 saturated heterocycles. The van der Waals surface area contributed by atoms with Crippen LogP contribution in [0, 0.1) is 0 Å². The van der Waals surface area contributed by atoms with Gasteiger partial charge in [0.25, 0.3) is 0 Å². The second-order valence-corrected chi connectivity index (χ2v) is 3.56. The molecule has 1 aromatic rings. The zero-order valence-corrected chi connectivity index (χ0v) is 9.06.